The van der Waals surface area contributed by atoms with Gasteiger partial charge in [-0.05, 0) is 31.3 Å². The second-order valence-corrected chi connectivity index (χ2v) is 6.71. The predicted molar refractivity (Wildman–Crippen MR) is 75.5 cm³/mol. The second-order valence-electron chi connectivity index (χ2n) is 4.80. The van der Waals surface area contributed by atoms with Gasteiger partial charge in [-0.25, -0.2) is 8.42 Å². The second kappa shape index (κ2) is 6.67. The third-order valence-electron chi connectivity index (χ3n) is 3.34. The average molecular weight is 320 g/mol. The number of ether oxygens (including phenoxy) is 1. The summed E-state index contributed by atoms with van der Waals surface area (Å²) < 4.78 is 53.2. The van der Waals surface area contributed by atoms with Crippen molar-refractivity contribution < 1.29 is 21.9 Å². The smallest absolute Gasteiger partial charge is 0.341 e. The summed E-state index contributed by atoms with van der Waals surface area (Å²) in [4.78, 5) is 1.69. The van der Waals surface area contributed by atoms with Gasteiger partial charge in [0.2, 0.25) is 9.84 Å². The van der Waals surface area contributed by atoms with Gasteiger partial charge in [-0.15, -0.1) is 0 Å². The van der Waals surface area contributed by atoms with E-state index in [0.717, 1.165) is 5.69 Å². The molecule has 1 fully saturated rings. The Morgan fingerprint density at radius 3 is 2.62 bits per heavy atom. The largest absolute Gasteiger partial charge is 0.373 e. The van der Waals surface area contributed by atoms with Crippen molar-refractivity contribution in [3.05, 3.63) is 24.3 Å². The molecule has 1 heterocycles. The van der Waals surface area contributed by atoms with Crippen LogP contribution >= 0.6 is 0 Å². The molecule has 0 bridgehead atoms. The van der Waals surface area contributed by atoms with Crippen LogP contribution in [0.2, 0.25) is 0 Å². The van der Waals surface area contributed by atoms with E-state index in [1.54, 1.807) is 12.1 Å². The minimum absolute atomic E-state index is 0.0493. The quantitative estimate of drug-likeness (QED) is 0.881. The molecule has 118 valence electrons. The van der Waals surface area contributed by atoms with Gasteiger partial charge in [0.1, 0.15) is 0 Å². The van der Waals surface area contributed by atoms with Gasteiger partial charge in [-0.2, -0.15) is 8.78 Å². The summed E-state index contributed by atoms with van der Waals surface area (Å²) in [7, 11) is -2.69. The number of anilines is 1. The van der Waals surface area contributed by atoms with Crippen LogP contribution in [0.3, 0.4) is 0 Å². The van der Waals surface area contributed by atoms with E-state index < -0.39 is 15.6 Å². The Morgan fingerprint density at radius 2 is 2.05 bits per heavy atom. The number of likely N-dealkylation sites (N-methyl/N-ethyl adjacent to an activating group) is 1. The Hall–Kier alpha value is -1.25. The van der Waals surface area contributed by atoms with Crippen molar-refractivity contribution in [3.63, 3.8) is 0 Å². The summed E-state index contributed by atoms with van der Waals surface area (Å²) in [5.41, 5.74) is 0.799. The van der Waals surface area contributed by atoms with Gasteiger partial charge in [0, 0.05) is 25.3 Å². The van der Waals surface area contributed by atoms with Gasteiger partial charge in [0.05, 0.1) is 17.6 Å². The summed E-state index contributed by atoms with van der Waals surface area (Å²) in [5.74, 6) is -3.40. The number of alkyl halides is 2. The normalized spacial score (nSPS) is 20.0. The maximum absolute atomic E-state index is 12.5. The lowest BCUT2D eigenvalue weighted by molar-refractivity contribution is 0.0422. The lowest BCUT2D eigenvalue weighted by atomic mass is 10.2. The van der Waals surface area contributed by atoms with Crippen LogP contribution in [-0.2, 0) is 14.6 Å². The van der Waals surface area contributed by atoms with Gasteiger partial charge in [-0.1, -0.05) is 0 Å². The van der Waals surface area contributed by atoms with Crippen LogP contribution in [0.5, 0.6) is 0 Å². The molecule has 1 aromatic carbocycles. The van der Waals surface area contributed by atoms with Crippen molar-refractivity contribution in [2.45, 2.75) is 16.8 Å². The first-order valence-electron chi connectivity index (χ1n) is 6.58. The van der Waals surface area contributed by atoms with Crippen molar-refractivity contribution >= 4 is 15.5 Å². The number of rotatable bonds is 5. The van der Waals surface area contributed by atoms with Crippen molar-refractivity contribution in [3.8, 4) is 0 Å². The highest BCUT2D eigenvalue weighted by molar-refractivity contribution is 7.91. The molecule has 1 aromatic rings. The summed E-state index contributed by atoms with van der Waals surface area (Å²) in [5, 5.41) is 3.04. The van der Waals surface area contributed by atoms with Crippen LogP contribution in [0, 0.1) is 0 Å². The first-order valence-corrected chi connectivity index (χ1v) is 8.13. The molecule has 8 heteroatoms. The monoisotopic (exact) mass is 320 g/mol. The topological polar surface area (TPSA) is 58.6 Å². The van der Waals surface area contributed by atoms with Crippen LogP contribution in [0.25, 0.3) is 0 Å². The standard InChI is InChI=1S/C13H18F2N2O3S/c1-16-8-11-9-17(6-7-20-11)10-2-4-12(5-3-10)21(18,19)13(14)15/h2-5,11,13,16H,6-9H2,1H3. The number of hydrogen-bond donors (Lipinski definition) is 1. The lowest BCUT2D eigenvalue weighted by Crippen LogP contribution is -2.46. The van der Waals surface area contributed by atoms with Crippen LogP contribution < -0.4 is 10.2 Å². The van der Waals surface area contributed by atoms with Crippen LogP contribution in [0.4, 0.5) is 14.5 Å². The number of benzene rings is 1. The molecule has 2 rings (SSSR count). The summed E-state index contributed by atoms with van der Waals surface area (Å²) in [6.07, 6.45) is 0.0493. The first kappa shape index (κ1) is 16.1. The van der Waals surface area contributed by atoms with Gasteiger partial charge in [0.25, 0.3) is 0 Å². The zero-order valence-electron chi connectivity index (χ0n) is 11.6. The molecule has 1 unspecified atom stereocenters. The van der Waals surface area contributed by atoms with Crippen molar-refractivity contribution in [1.29, 1.82) is 0 Å². The first-order chi connectivity index (χ1) is 9.95. The maximum atomic E-state index is 12.5. The number of hydrogen-bond acceptors (Lipinski definition) is 5. The van der Waals surface area contributed by atoms with Crippen molar-refractivity contribution in [1.82, 2.24) is 5.32 Å². The Labute approximate surface area is 122 Å². The van der Waals surface area contributed by atoms with E-state index in [2.05, 4.69) is 5.32 Å². The Bertz CT molecular complexity index is 561. The van der Waals surface area contributed by atoms with E-state index in [-0.39, 0.29) is 11.0 Å². The predicted octanol–water partition coefficient (Wildman–Crippen LogP) is 1.11. The van der Waals surface area contributed by atoms with Gasteiger partial charge in [0.15, 0.2) is 0 Å². The van der Waals surface area contributed by atoms with Crippen LogP contribution in [0.15, 0.2) is 29.2 Å². The average Bonchev–Trinajstić information content (AvgIpc) is 2.48. The fourth-order valence-corrected chi connectivity index (χ4v) is 2.98. The lowest BCUT2D eigenvalue weighted by Gasteiger charge is -2.34. The molecule has 5 nitrogen and oxygen atoms in total. The number of sulfone groups is 1. The molecule has 1 N–H and O–H groups in total. The highest BCUT2D eigenvalue weighted by Crippen LogP contribution is 2.23. The molecule has 0 amide bonds. The molecule has 0 spiro atoms. The number of nitrogens with zero attached hydrogens (tertiary/aromatic N) is 1. The minimum Gasteiger partial charge on any atom is -0.373 e. The Kier molecular flexibility index (Phi) is 5.13. The number of halogens is 2. The zero-order chi connectivity index (χ0) is 15.5. The minimum atomic E-state index is -4.53. The van der Waals surface area contributed by atoms with Gasteiger partial charge >= 0.3 is 5.76 Å². The van der Waals surface area contributed by atoms with Gasteiger partial charge in [-0.3, -0.25) is 0 Å². The highest BCUT2D eigenvalue weighted by Gasteiger charge is 2.27. The van der Waals surface area contributed by atoms with Crippen LogP contribution in [0.1, 0.15) is 0 Å². The molecule has 1 saturated heterocycles. The third-order valence-corrected chi connectivity index (χ3v) is 4.73. The van der Waals surface area contributed by atoms with Crippen molar-refractivity contribution in [2.75, 3.05) is 38.2 Å². The zero-order valence-corrected chi connectivity index (χ0v) is 12.4. The number of morpholine rings is 1. The SMILES string of the molecule is CNCC1CN(c2ccc(S(=O)(=O)C(F)F)cc2)CCO1. The van der Waals surface area contributed by atoms with E-state index in [9.17, 15) is 17.2 Å². The van der Waals surface area contributed by atoms with Crippen molar-refractivity contribution in [2.24, 2.45) is 0 Å². The fraction of sp³-hybridized carbons (Fsp3) is 0.538. The van der Waals surface area contributed by atoms with Crippen LogP contribution in [-0.4, -0.2) is 53.6 Å². The summed E-state index contributed by atoms with van der Waals surface area (Å²) in [6.45, 7) is 2.64. The maximum Gasteiger partial charge on any atom is 0.341 e. The molecule has 0 aromatic heterocycles. The van der Waals surface area contributed by atoms with E-state index in [4.69, 9.17) is 4.74 Å². The molecule has 21 heavy (non-hydrogen) atoms. The molecule has 1 atom stereocenters. The third kappa shape index (κ3) is 3.69. The molecule has 0 aliphatic carbocycles. The molecule has 0 radical (unpaired) electrons. The molecular weight excluding hydrogens is 302 g/mol. The van der Waals surface area contributed by atoms with E-state index >= 15 is 0 Å². The summed E-state index contributed by atoms with van der Waals surface area (Å²) >= 11 is 0. The molecule has 1 aliphatic rings. The van der Waals surface area contributed by atoms with E-state index in [1.807, 2.05) is 11.9 Å². The summed E-state index contributed by atoms with van der Waals surface area (Å²) in [6, 6.07) is 5.55. The molecule has 1 aliphatic heterocycles. The molecular formula is C13H18F2N2O3S. The fourth-order valence-electron chi connectivity index (χ4n) is 2.25. The Morgan fingerprint density at radius 1 is 1.38 bits per heavy atom. The van der Waals surface area contributed by atoms with Gasteiger partial charge < -0.3 is 15.0 Å². The Balaban J connectivity index is 2.12. The van der Waals surface area contributed by atoms with E-state index in [1.165, 1.54) is 12.1 Å². The molecule has 0 saturated carbocycles. The van der Waals surface area contributed by atoms with E-state index in [0.29, 0.717) is 26.2 Å². The number of nitrogens with one attached hydrogen (secondary N) is 1. The highest BCUT2D eigenvalue weighted by atomic mass is 32.2.